The van der Waals surface area contributed by atoms with E-state index in [1.165, 1.54) is 0 Å². The number of nitro groups is 1. The average Bonchev–Trinajstić information content (AvgIpc) is 2.15. The minimum Gasteiger partial charge on any atom is -0.368 e. The summed E-state index contributed by atoms with van der Waals surface area (Å²) >= 11 is 0. The van der Waals surface area contributed by atoms with E-state index in [0.717, 1.165) is 6.42 Å². The van der Waals surface area contributed by atoms with E-state index in [4.69, 9.17) is 5.73 Å². The van der Waals surface area contributed by atoms with Crippen LogP contribution < -0.4 is 10.6 Å². The monoisotopic (exact) mass is 225 g/mol. The van der Waals surface area contributed by atoms with Crippen molar-refractivity contribution in [2.24, 2.45) is 0 Å². The normalized spacial score (nSPS) is 10.2. The summed E-state index contributed by atoms with van der Waals surface area (Å²) in [6.07, 6.45) is 0.872. The lowest BCUT2D eigenvalue weighted by molar-refractivity contribution is -0.385. The van der Waals surface area contributed by atoms with Crippen molar-refractivity contribution < 1.29 is 4.92 Å². The molecule has 0 aliphatic rings. The van der Waals surface area contributed by atoms with Gasteiger partial charge in [-0.1, -0.05) is 6.92 Å². The van der Waals surface area contributed by atoms with Gasteiger partial charge in [0.05, 0.1) is 4.92 Å². The maximum atomic E-state index is 10.9. The summed E-state index contributed by atoms with van der Waals surface area (Å²) in [5, 5.41) is 10.9. The predicted octanol–water partition coefficient (Wildman–Crippen LogP) is 1.12. The quantitative estimate of drug-likeness (QED) is 0.609. The van der Waals surface area contributed by atoms with Crippen molar-refractivity contribution in [1.29, 1.82) is 0 Å². The number of anilines is 2. The Bertz CT molecular complexity index is 407. The lowest BCUT2D eigenvalue weighted by Crippen LogP contribution is -2.21. The molecule has 0 aliphatic heterocycles. The summed E-state index contributed by atoms with van der Waals surface area (Å²) in [5.41, 5.74) is 5.70. The fraction of sp³-hybridized carbons (Fsp3) is 0.556. The molecule has 0 saturated carbocycles. The number of nitrogens with zero attached hydrogens (tertiary/aromatic N) is 4. The molecule has 1 rings (SSSR count). The average molecular weight is 225 g/mol. The fourth-order valence-electron chi connectivity index (χ4n) is 1.49. The molecule has 0 aromatic carbocycles. The van der Waals surface area contributed by atoms with Crippen molar-refractivity contribution >= 4 is 17.5 Å². The van der Waals surface area contributed by atoms with E-state index < -0.39 is 4.92 Å². The zero-order chi connectivity index (χ0) is 12.3. The number of rotatable bonds is 4. The molecule has 0 amide bonds. The van der Waals surface area contributed by atoms with Crippen LogP contribution in [0.3, 0.4) is 0 Å². The van der Waals surface area contributed by atoms with Gasteiger partial charge in [-0.3, -0.25) is 10.1 Å². The second-order valence-electron chi connectivity index (χ2n) is 3.52. The van der Waals surface area contributed by atoms with Crippen molar-refractivity contribution in [2.75, 3.05) is 24.2 Å². The van der Waals surface area contributed by atoms with Crippen LogP contribution in [-0.4, -0.2) is 28.5 Å². The van der Waals surface area contributed by atoms with Crippen molar-refractivity contribution in [1.82, 2.24) is 9.97 Å². The molecule has 0 saturated heterocycles. The minimum absolute atomic E-state index is 0.0565. The first-order valence-corrected chi connectivity index (χ1v) is 4.97. The van der Waals surface area contributed by atoms with E-state index >= 15 is 0 Å². The third kappa shape index (κ3) is 2.36. The van der Waals surface area contributed by atoms with Gasteiger partial charge in [0, 0.05) is 13.6 Å². The van der Waals surface area contributed by atoms with E-state index in [-0.39, 0.29) is 23.1 Å². The van der Waals surface area contributed by atoms with Crippen LogP contribution in [0.15, 0.2) is 0 Å². The second kappa shape index (κ2) is 4.73. The second-order valence-corrected chi connectivity index (χ2v) is 3.52. The summed E-state index contributed by atoms with van der Waals surface area (Å²) < 4.78 is 0. The molecule has 2 N–H and O–H groups in total. The molecule has 0 radical (unpaired) electrons. The Kier molecular flexibility index (Phi) is 3.60. The summed E-state index contributed by atoms with van der Waals surface area (Å²) in [6, 6.07) is 0. The molecular formula is C9H15N5O2. The van der Waals surface area contributed by atoms with Gasteiger partial charge in [-0.05, 0) is 13.3 Å². The predicted molar refractivity (Wildman–Crippen MR) is 61.4 cm³/mol. The number of nitrogen functional groups attached to an aromatic ring is 1. The maximum absolute atomic E-state index is 10.9. The van der Waals surface area contributed by atoms with Crippen LogP contribution in [0.1, 0.15) is 19.0 Å². The topological polar surface area (TPSA) is 98.2 Å². The lowest BCUT2D eigenvalue weighted by Gasteiger charge is -2.17. The Balaban J connectivity index is 3.29. The molecule has 0 unspecified atom stereocenters. The van der Waals surface area contributed by atoms with E-state index in [1.54, 1.807) is 18.9 Å². The van der Waals surface area contributed by atoms with Crippen LogP contribution in [0, 0.1) is 17.0 Å². The zero-order valence-electron chi connectivity index (χ0n) is 9.60. The smallest absolute Gasteiger partial charge is 0.332 e. The van der Waals surface area contributed by atoms with Crippen LogP contribution in [0.2, 0.25) is 0 Å². The van der Waals surface area contributed by atoms with Gasteiger partial charge in [-0.2, -0.15) is 4.98 Å². The molecule has 16 heavy (non-hydrogen) atoms. The molecule has 7 nitrogen and oxygen atoms in total. The Morgan fingerprint density at radius 1 is 1.50 bits per heavy atom. The minimum atomic E-state index is -0.476. The number of nitrogens with two attached hydrogens (primary N) is 1. The first kappa shape index (κ1) is 12.2. The van der Waals surface area contributed by atoms with Gasteiger partial charge in [0.15, 0.2) is 0 Å². The highest BCUT2D eigenvalue weighted by Crippen LogP contribution is 2.28. The Labute approximate surface area is 93.4 Å². The van der Waals surface area contributed by atoms with Gasteiger partial charge >= 0.3 is 5.69 Å². The van der Waals surface area contributed by atoms with E-state index in [0.29, 0.717) is 6.54 Å². The third-order valence-corrected chi connectivity index (χ3v) is 2.16. The highest BCUT2D eigenvalue weighted by Gasteiger charge is 2.23. The number of aryl methyl sites for hydroxylation is 1. The first-order chi connectivity index (χ1) is 7.47. The molecule has 0 atom stereocenters. The summed E-state index contributed by atoms with van der Waals surface area (Å²) in [4.78, 5) is 19.9. The lowest BCUT2D eigenvalue weighted by atomic mass is 10.3. The molecule has 88 valence electrons. The van der Waals surface area contributed by atoms with Gasteiger partial charge in [0.1, 0.15) is 5.69 Å². The van der Waals surface area contributed by atoms with Crippen LogP contribution in [0.4, 0.5) is 17.5 Å². The van der Waals surface area contributed by atoms with Crippen LogP contribution in [0.25, 0.3) is 0 Å². The van der Waals surface area contributed by atoms with Crippen molar-refractivity contribution in [3.63, 3.8) is 0 Å². The van der Waals surface area contributed by atoms with Crippen molar-refractivity contribution in [3.05, 3.63) is 15.8 Å². The van der Waals surface area contributed by atoms with Gasteiger partial charge in [-0.25, -0.2) is 4.98 Å². The standard InChI is InChI=1S/C9H15N5O2/c1-4-5-13(3)8-7(14(15)16)6(2)11-9(10)12-8/h4-5H2,1-3H3,(H2,10,11,12). The molecule has 0 spiro atoms. The van der Waals surface area contributed by atoms with Gasteiger partial charge in [0.2, 0.25) is 11.8 Å². The molecule has 0 fully saturated rings. The molecular weight excluding hydrogens is 210 g/mol. The molecule has 0 aliphatic carbocycles. The van der Waals surface area contributed by atoms with Crippen LogP contribution >= 0.6 is 0 Å². The maximum Gasteiger partial charge on any atom is 0.332 e. The largest absolute Gasteiger partial charge is 0.368 e. The first-order valence-electron chi connectivity index (χ1n) is 4.97. The Morgan fingerprint density at radius 2 is 2.12 bits per heavy atom. The molecule has 1 aromatic heterocycles. The number of aromatic nitrogens is 2. The van der Waals surface area contributed by atoms with E-state index in [9.17, 15) is 10.1 Å². The fourth-order valence-corrected chi connectivity index (χ4v) is 1.49. The van der Waals surface area contributed by atoms with E-state index in [1.807, 2.05) is 6.92 Å². The number of hydrogen-bond donors (Lipinski definition) is 1. The Hall–Kier alpha value is -1.92. The van der Waals surface area contributed by atoms with E-state index in [2.05, 4.69) is 9.97 Å². The third-order valence-electron chi connectivity index (χ3n) is 2.16. The molecule has 1 aromatic rings. The molecule has 1 heterocycles. The van der Waals surface area contributed by atoms with Crippen molar-refractivity contribution in [2.45, 2.75) is 20.3 Å². The highest BCUT2D eigenvalue weighted by atomic mass is 16.6. The molecule has 0 bridgehead atoms. The van der Waals surface area contributed by atoms with Crippen LogP contribution in [-0.2, 0) is 0 Å². The van der Waals surface area contributed by atoms with Crippen LogP contribution in [0.5, 0.6) is 0 Å². The van der Waals surface area contributed by atoms with Crippen molar-refractivity contribution in [3.8, 4) is 0 Å². The number of hydrogen-bond acceptors (Lipinski definition) is 6. The molecule has 7 heteroatoms. The van der Waals surface area contributed by atoms with Gasteiger partial charge in [-0.15, -0.1) is 0 Å². The summed E-state index contributed by atoms with van der Waals surface area (Å²) in [7, 11) is 1.75. The summed E-state index contributed by atoms with van der Waals surface area (Å²) in [6.45, 7) is 4.22. The highest BCUT2D eigenvalue weighted by molar-refractivity contribution is 5.61. The SMILES string of the molecule is CCCN(C)c1nc(N)nc(C)c1[N+](=O)[O-]. The van der Waals surface area contributed by atoms with Gasteiger partial charge in [0.25, 0.3) is 0 Å². The Morgan fingerprint density at radius 3 is 2.62 bits per heavy atom. The zero-order valence-corrected chi connectivity index (χ0v) is 9.60. The van der Waals surface area contributed by atoms with Gasteiger partial charge < -0.3 is 10.6 Å². The summed E-state index contributed by atoms with van der Waals surface area (Å²) in [5.74, 6) is 0.331.